The van der Waals surface area contributed by atoms with Crippen molar-refractivity contribution < 1.29 is 33.3 Å². The van der Waals surface area contributed by atoms with Crippen molar-refractivity contribution in [3.63, 3.8) is 0 Å². The molecule has 0 radical (unpaired) electrons. The van der Waals surface area contributed by atoms with Crippen LogP contribution in [0.15, 0.2) is 126 Å². The van der Waals surface area contributed by atoms with Gasteiger partial charge < -0.3 is 34.9 Å². The van der Waals surface area contributed by atoms with Crippen LogP contribution in [0.2, 0.25) is 0 Å². The number of fused-ring (bicyclic) bond motifs is 1. The number of carbonyl (C=O) groups is 3. The van der Waals surface area contributed by atoms with Gasteiger partial charge in [0.15, 0.2) is 16.6 Å². The molecule has 1 unspecified atom stereocenters. The molecular formula is C41H36N4O7S2. The van der Waals surface area contributed by atoms with Gasteiger partial charge in [-0.05, 0) is 66.2 Å². The van der Waals surface area contributed by atoms with Crippen LogP contribution in [0.4, 0.5) is 10.8 Å². The molecule has 274 valence electrons. The number of aromatic nitrogens is 1. The number of rotatable bonds is 14. The molecule has 0 spiro atoms. The van der Waals surface area contributed by atoms with Gasteiger partial charge in [0.1, 0.15) is 22.4 Å². The van der Waals surface area contributed by atoms with Crippen molar-refractivity contribution in [3.05, 3.63) is 138 Å². The molecule has 3 amide bonds. The Kier molecular flexibility index (Phi) is 12.1. The van der Waals surface area contributed by atoms with Crippen molar-refractivity contribution in [3.8, 4) is 23.0 Å². The number of nitrogens with zero attached hydrogens (tertiary/aromatic N) is 1. The first-order valence-corrected chi connectivity index (χ1v) is 18.2. The van der Waals surface area contributed by atoms with E-state index in [0.717, 1.165) is 15.8 Å². The number of hydrogen-bond acceptors (Lipinski definition) is 10. The van der Waals surface area contributed by atoms with Crippen LogP contribution in [-0.2, 0) is 9.59 Å². The summed E-state index contributed by atoms with van der Waals surface area (Å²) >= 11 is 2.68. The maximum Gasteiger partial charge on any atom is 0.272 e. The Morgan fingerprint density at radius 1 is 0.722 bits per heavy atom. The number of amides is 3. The van der Waals surface area contributed by atoms with E-state index in [1.54, 1.807) is 67.8 Å². The lowest BCUT2D eigenvalue weighted by molar-refractivity contribution is -0.116. The third-order valence-electron chi connectivity index (χ3n) is 8.08. The van der Waals surface area contributed by atoms with E-state index in [9.17, 15) is 14.4 Å². The maximum absolute atomic E-state index is 14.0. The Labute approximate surface area is 320 Å². The highest BCUT2D eigenvalue weighted by atomic mass is 32.2. The number of thioether (sulfide) groups is 1. The second-order valence-corrected chi connectivity index (χ2v) is 13.8. The van der Waals surface area contributed by atoms with Gasteiger partial charge in [0.25, 0.3) is 11.8 Å². The molecule has 0 saturated heterocycles. The molecule has 3 N–H and O–H groups in total. The van der Waals surface area contributed by atoms with Gasteiger partial charge in [-0.15, -0.1) is 11.8 Å². The van der Waals surface area contributed by atoms with E-state index in [-0.39, 0.29) is 11.6 Å². The van der Waals surface area contributed by atoms with Crippen LogP contribution >= 0.6 is 23.1 Å². The quantitative estimate of drug-likeness (QED) is 0.0741. The fourth-order valence-electron chi connectivity index (χ4n) is 5.40. The molecule has 13 heteroatoms. The number of nitrogens with one attached hydrogen (secondary N) is 3. The Bertz CT molecular complexity index is 2310. The van der Waals surface area contributed by atoms with Gasteiger partial charge in [0, 0.05) is 27.8 Å². The summed E-state index contributed by atoms with van der Waals surface area (Å²) in [5, 5.41) is 8.46. The van der Waals surface area contributed by atoms with Gasteiger partial charge in [-0.25, -0.2) is 4.98 Å². The van der Waals surface area contributed by atoms with Crippen molar-refractivity contribution in [1.29, 1.82) is 0 Å². The minimum atomic E-state index is -0.656. The minimum absolute atomic E-state index is 0.0533. The number of ether oxygens (including phenoxy) is 4. The second-order valence-electron chi connectivity index (χ2n) is 11.6. The lowest BCUT2D eigenvalue weighted by Gasteiger charge is -2.17. The van der Waals surface area contributed by atoms with Gasteiger partial charge in [0.2, 0.25) is 5.91 Å². The molecule has 6 aromatic rings. The predicted octanol–water partition coefficient (Wildman–Crippen LogP) is 8.21. The standard InChI is InChI=1S/C41H36N4O7S2/c1-49-29-18-19-31-36(23-29)54-41(44-31)45-40(48)37(25-12-7-5-8-13-25)53-30-17-11-16-28(22-30)42-39(47)32(43-38(46)26-14-9-6-10-15-26)20-27-21-34(51-3)35(52-4)24-33(27)50-2/h5-24,37H,1-4H3,(H,42,47)(H,43,46)(H,44,45,48)/b32-20+. The van der Waals surface area contributed by atoms with E-state index < -0.39 is 17.1 Å². The highest BCUT2D eigenvalue weighted by Gasteiger charge is 2.24. The molecule has 1 heterocycles. The molecule has 0 saturated carbocycles. The fourth-order valence-corrected chi connectivity index (χ4v) is 7.38. The van der Waals surface area contributed by atoms with E-state index in [1.165, 1.54) is 50.5 Å². The first-order chi connectivity index (χ1) is 26.3. The fraction of sp³-hybridized carbons (Fsp3) is 0.122. The molecule has 54 heavy (non-hydrogen) atoms. The summed E-state index contributed by atoms with van der Waals surface area (Å²) in [6, 6.07) is 33.9. The zero-order chi connectivity index (χ0) is 38.0. The van der Waals surface area contributed by atoms with Crippen LogP contribution in [0.3, 0.4) is 0 Å². The Morgan fingerprint density at radius 2 is 1.43 bits per heavy atom. The molecule has 0 aliphatic carbocycles. The smallest absolute Gasteiger partial charge is 0.272 e. The van der Waals surface area contributed by atoms with Crippen LogP contribution < -0.4 is 34.9 Å². The molecule has 0 aliphatic rings. The topological polar surface area (TPSA) is 137 Å². The molecular weight excluding hydrogens is 725 g/mol. The van der Waals surface area contributed by atoms with Crippen LogP contribution in [0, 0.1) is 0 Å². The first-order valence-electron chi connectivity index (χ1n) is 16.5. The number of methoxy groups -OCH3 is 4. The van der Waals surface area contributed by atoms with Crippen molar-refractivity contribution in [1.82, 2.24) is 10.3 Å². The van der Waals surface area contributed by atoms with E-state index in [2.05, 4.69) is 20.9 Å². The third-order valence-corrected chi connectivity index (χ3v) is 10.3. The van der Waals surface area contributed by atoms with Crippen molar-refractivity contribution >= 4 is 67.9 Å². The van der Waals surface area contributed by atoms with E-state index >= 15 is 0 Å². The average molecular weight is 761 g/mol. The van der Waals surface area contributed by atoms with Gasteiger partial charge in [0.05, 0.1) is 38.7 Å². The third kappa shape index (κ3) is 9.00. The van der Waals surface area contributed by atoms with Crippen LogP contribution in [0.25, 0.3) is 16.3 Å². The predicted molar refractivity (Wildman–Crippen MR) is 213 cm³/mol. The van der Waals surface area contributed by atoms with Crippen LogP contribution in [0.5, 0.6) is 23.0 Å². The van der Waals surface area contributed by atoms with Crippen molar-refractivity contribution in [2.75, 3.05) is 39.1 Å². The molecule has 1 aromatic heterocycles. The minimum Gasteiger partial charge on any atom is -0.497 e. The number of benzene rings is 5. The molecule has 1 atom stereocenters. The molecule has 6 rings (SSSR count). The summed E-state index contributed by atoms with van der Waals surface area (Å²) in [7, 11) is 6.10. The van der Waals surface area contributed by atoms with Crippen molar-refractivity contribution in [2.45, 2.75) is 10.1 Å². The molecule has 11 nitrogen and oxygen atoms in total. The summed E-state index contributed by atoms with van der Waals surface area (Å²) < 4.78 is 22.7. The molecule has 0 fully saturated rings. The largest absolute Gasteiger partial charge is 0.497 e. The normalized spacial score (nSPS) is 11.7. The van der Waals surface area contributed by atoms with Gasteiger partial charge in [-0.2, -0.15) is 0 Å². The first kappa shape index (κ1) is 37.4. The highest BCUT2D eigenvalue weighted by Crippen LogP contribution is 2.39. The molecule has 0 aliphatic heterocycles. The van der Waals surface area contributed by atoms with Crippen molar-refractivity contribution in [2.24, 2.45) is 0 Å². The average Bonchev–Trinajstić information content (AvgIpc) is 3.61. The van der Waals surface area contributed by atoms with E-state index in [1.807, 2.05) is 54.6 Å². The Balaban J connectivity index is 1.27. The zero-order valence-corrected chi connectivity index (χ0v) is 31.4. The lowest BCUT2D eigenvalue weighted by Crippen LogP contribution is -2.30. The summed E-state index contributed by atoms with van der Waals surface area (Å²) in [5.74, 6) is 0.598. The number of hydrogen-bond donors (Lipinski definition) is 3. The van der Waals surface area contributed by atoms with E-state index in [4.69, 9.17) is 18.9 Å². The number of carbonyl (C=O) groups excluding carboxylic acids is 3. The van der Waals surface area contributed by atoms with E-state index in [0.29, 0.717) is 49.8 Å². The summed E-state index contributed by atoms with van der Waals surface area (Å²) in [6.07, 6.45) is 1.50. The van der Waals surface area contributed by atoms with Crippen LogP contribution in [-0.4, -0.2) is 51.1 Å². The molecule has 0 bridgehead atoms. The Morgan fingerprint density at radius 3 is 2.13 bits per heavy atom. The number of thiazole rings is 1. The van der Waals surface area contributed by atoms with Crippen LogP contribution in [0.1, 0.15) is 26.7 Å². The lowest BCUT2D eigenvalue weighted by atomic mass is 10.1. The Hall–Kier alpha value is -6.31. The highest BCUT2D eigenvalue weighted by molar-refractivity contribution is 8.00. The van der Waals surface area contributed by atoms with Gasteiger partial charge in [-0.1, -0.05) is 65.9 Å². The number of anilines is 2. The monoisotopic (exact) mass is 760 g/mol. The summed E-state index contributed by atoms with van der Waals surface area (Å²) in [4.78, 5) is 46.4. The summed E-state index contributed by atoms with van der Waals surface area (Å²) in [5.41, 5.74) is 2.75. The molecule has 5 aromatic carbocycles. The maximum atomic E-state index is 14.0. The summed E-state index contributed by atoms with van der Waals surface area (Å²) in [6.45, 7) is 0. The zero-order valence-electron chi connectivity index (χ0n) is 29.7. The SMILES string of the molecule is COc1ccc2nc(NC(=O)C(Sc3cccc(NC(=O)/C(=C\c4cc(OC)c(OC)cc4OC)NC(=O)c4ccccc4)c3)c3ccccc3)sc2c1. The van der Waals surface area contributed by atoms with Gasteiger partial charge >= 0.3 is 0 Å². The second kappa shape index (κ2) is 17.5. The van der Waals surface area contributed by atoms with Gasteiger partial charge in [-0.3, -0.25) is 14.4 Å².